The van der Waals surface area contributed by atoms with Crippen molar-refractivity contribution >= 4 is 6.03 Å². The third-order valence-corrected chi connectivity index (χ3v) is 3.85. The molecule has 0 aliphatic carbocycles. The Morgan fingerprint density at radius 3 is 3.00 bits per heavy atom. The van der Waals surface area contributed by atoms with E-state index in [1.54, 1.807) is 4.90 Å². The number of benzene rings is 1. The molecular weight excluding hydrogens is 266 g/mol. The number of hydrogen-bond donors (Lipinski definition) is 1. The molecule has 110 valence electrons. The van der Waals surface area contributed by atoms with Crippen LogP contribution in [0, 0.1) is 6.92 Å². The number of nitrogens with one attached hydrogen (secondary N) is 1. The Morgan fingerprint density at radius 2 is 2.19 bits per heavy atom. The van der Waals surface area contributed by atoms with Crippen LogP contribution in [0.4, 0.5) is 4.79 Å². The van der Waals surface area contributed by atoms with Crippen LogP contribution in [0.25, 0.3) is 0 Å². The number of carbonyl (C=O) groups is 1. The van der Waals surface area contributed by atoms with Gasteiger partial charge in [0.1, 0.15) is 0 Å². The van der Waals surface area contributed by atoms with Crippen LogP contribution in [0.2, 0.25) is 0 Å². The second-order valence-corrected chi connectivity index (χ2v) is 5.31. The van der Waals surface area contributed by atoms with Crippen LogP contribution in [0.1, 0.15) is 22.6 Å². The first kappa shape index (κ1) is 13.7. The van der Waals surface area contributed by atoms with Crippen LogP contribution >= 0.6 is 0 Å². The number of hydrogen-bond acceptors (Lipinski definition) is 3. The average molecular weight is 285 g/mol. The molecule has 2 heterocycles. The van der Waals surface area contributed by atoms with Gasteiger partial charge in [0.15, 0.2) is 5.76 Å². The summed E-state index contributed by atoms with van der Waals surface area (Å²) < 4.78 is 5.27. The van der Waals surface area contributed by atoms with Crippen LogP contribution in [0.15, 0.2) is 34.9 Å². The molecule has 1 aliphatic heterocycles. The predicted octanol–water partition coefficient (Wildman–Crippen LogP) is 2.29. The average Bonchev–Trinajstić information content (AvgIpc) is 2.89. The zero-order valence-corrected chi connectivity index (χ0v) is 12.1. The van der Waals surface area contributed by atoms with E-state index in [0.717, 1.165) is 29.9 Å². The lowest BCUT2D eigenvalue weighted by molar-refractivity contribution is 0.183. The topological polar surface area (TPSA) is 58.4 Å². The highest BCUT2D eigenvalue weighted by Crippen LogP contribution is 2.21. The Hall–Kier alpha value is -2.30. The number of fused-ring (bicyclic) bond motifs is 1. The van der Waals surface area contributed by atoms with Crippen molar-refractivity contribution in [2.45, 2.75) is 26.3 Å². The summed E-state index contributed by atoms with van der Waals surface area (Å²) in [5, 5.41) is 6.92. The summed E-state index contributed by atoms with van der Waals surface area (Å²) in [5.74, 6) is 0.817. The molecule has 0 radical (unpaired) electrons. The predicted molar refractivity (Wildman–Crippen MR) is 78.9 cm³/mol. The Bertz CT molecular complexity index is 622. The molecule has 3 rings (SSSR count). The van der Waals surface area contributed by atoms with E-state index in [0.29, 0.717) is 19.6 Å². The minimum Gasteiger partial charge on any atom is -0.359 e. The molecule has 2 amide bonds. The fraction of sp³-hybridized carbons (Fsp3) is 0.375. The smallest absolute Gasteiger partial charge is 0.317 e. The number of aryl methyl sites for hydroxylation is 1. The Labute approximate surface area is 123 Å². The van der Waals surface area contributed by atoms with Gasteiger partial charge in [-0.1, -0.05) is 35.5 Å². The Morgan fingerprint density at radius 1 is 1.38 bits per heavy atom. The van der Waals surface area contributed by atoms with Gasteiger partial charge in [-0.05, 0) is 25.3 Å². The highest BCUT2D eigenvalue weighted by atomic mass is 16.5. The van der Waals surface area contributed by atoms with Crippen molar-refractivity contribution in [3.8, 4) is 0 Å². The number of rotatable bonds is 3. The van der Waals surface area contributed by atoms with Gasteiger partial charge in [-0.15, -0.1) is 0 Å². The number of amides is 2. The first-order valence-corrected chi connectivity index (χ1v) is 7.25. The van der Waals surface area contributed by atoms with Crippen molar-refractivity contribution in [1.29, 1.82) is 0 Å². The van der Waals surface area contributed by atoms with Gasteiger partial charge >= 0.3 is 6.03 Å². The van der Waals surface area contributed by atoms with Gasteiger partial charge in [-0.3, -0.25) is 0 Å². The van der Waals surface area contributed by atoms with Crippen molar-refractivity contribution < 1.29 is 9.32 Å². The number of nitrogens with zero attached hydrogens (tertiary/aromatic N) is 2. The third kappa shape index (κ3) is 3.07. The van der Waals surface area contributed by atoms with E-state index in [1.807, 2.05) is 25.1 Å². The summed E-state index contributed by atoms with van der Waals surface area (Å²) in [4.78, 5) is 13.9. The fourth-order valence-electron chi connectivity index (χ4n) is 2.62. The van der Waals surface area contributed by atoms with Crippen LogP contribution in [-0.2, 0) is 19.4 Å². The molecule has 1 aromatic carbocycles. The molecule has 0 bridgehead atoms. The first-order chi connectivity index (χ1) is 10.2. The Balaban J connectivity index is 1.50. The molecule has 0 saturated carbocycles. The highest BCUT2D eigenvalue weighted by Gasteiger charge is 2.25. The molecule has 21 heavy (non-hydrogen) atoms. The van der Waals surface area contributed by atoms with E-state index in [1.165, 1.54) is 5.56 Å². The van der Waals surface area contributed by atoms with Crippen LogP contribution < -0.4 is 5.32 Å². The van der Waals surface area contributed by atoms with Gasteiger partial charge in [0, 0.05) is 18.7 Å². The van der Waals surface area contributed by atoms with Gasteiger partial charge in [0.2, 0.25) is 0 Å². The summed E-state index contributed by atoms with van der Waals surface area (Å²) in [6, 6.07) is 10.1. The molecule has 0 unspecified atom stereocenters. The highest BCUT2D eigenvalue weighted by molar-refractivity contribution is 5.74. The third-order valence-electron chi connectivity index (χ3n) is 3.85. The van der Waals surface area contributed by atoms with E-state index in [-0.39, 0.29) is 6.03 Å². The SMILES string of the molecule is Cc1noc2c1CCN(C(=O)NCCc1ccccc1)C2. The van der Waals surface area contributed by atoms with Crippen molar-refractivity contribution in [3.05, 3.63) is 52.9 Å². The second kappa shape index (κ2) is 5.99. The van der Waals surface area contributed by atoms with E-state index in [9.17, 15) is 4.79 Å². The van der Waals surface area contributed by atoms with E-state index < -0.39 is 0 Å². The number of aromatic nitrogens is 1. The maximum atomic E-state index is 12.2. The molecule has 5 heteroatoms. The lowest BCUT2D eigenvalue weighted by Crippen LogP contribution is -2.43. The molecule has 1 aliphatic rings. The van der Waals surface area contributed by atoms with Gasteiger partial charge < -0.3 is 14.7 Å². The summed E-state index contributed by atoms with van der Waals surface area (Å²) in [6.07, 6.45) is 1.66. The maximum absolute atomic E-state index is 12.2. The Kier molecular flexibility index (Phi) is 3.90. The standard InChI is InChI=1S/C16H19N3O2/c1-12-14-8-10-19(11-15(14)21-18-12)16(20)17-9-7-13-5-3-2-4-6-13/h2-6H,7-11H2,1H3,(H,17,20). The monoisotopic (exact) mass is 285 g/mol. The van der Waals surface area contributed by atoms with Gasteiger partial charge in [0.25, 0.3) is 0 Å². The molecule has 0 fully saturated rings. The molecule has 0 spiro atoms. The molecular formula is C16H19N3O2. The largest absolute Gasteiger partial charge is 0.359 e. The van der Waals surface area contributed by atoms with Crippen LogP contribution in [0.3, 0.4) is 0 Å². The van der Waals surface area contributed by atoms with E-state index in [2.05, 4.69) is 22.6 Å². The molecule has 0 atom stereocenters. The molecule has 5 nitrogen and oxygen atoms in total. The lowest BCUT2D eigenvalue weighted by Gasteiger charge is -2.25. The second-order valence-electron chi connectivity index (χ2n) is 5.31. The van der Waals surface area contributed by atoms with Gasteiger partial charge in [-0.2, -0.15) is 0 Å². The zero-order valence-electron chi connectivity index (χ0n) is 12.1. The van der Waals surface area contributed by atoms with Crippen LogP contribution in [-0.4, -0.2) is 29.2 Å². The lowest BCUT2D eigenvalue weighted by atomic mass is 10.1. The molecule has 1 N–H and O–H groups in total. The molecule has 0 saturated heterocycles. The van der Waals surface area contributed by atoms with Crippen LogP contribution in [0.5, 0.6) is 0 Å². The molecule has 1 aromatic heterocycles. The van der Waals surface area contributed by atoms with Gasteiger partial charge in [0.05, 0.1) is 12.2 Å². The van der Waals surface area contributed by atoms with Gasteiger partial charge in [-0.25, -0.2) is 4.79 Å². The van der Waals surface area contributed by atoms with Crippen molar-refractivity contribution in [3.63, 3.8) is 0 Å². The summed E-state index contributed by atoms with van der Waals surface area (Å²) in [5.41, 5.74) is 3.32. The van der Waals surface area contributed by atoms with E-state index in [4.69, 9.17) is 4.52 Å². The minimum absolute atomic E-state index is 0.0364. The number of urea groups is 1. The first-order valence-electron chi connectivity index (χ1n) is 7.25. The fourth-order valence-corrected chi connectivity index (χ4v) is 2.62. The normalized spacial score (nSPS) is 13.9. The molecule has 2 aromatic rings. The zero-order chi connectivity index (χ0) is 14.7. The summed E-state index contributed by atoms with van der Waals surface area (Å²) >= 11 is 0. The number of carbonyl (C=O) groups excluding carboxylic acids is 1. The van der Waals surface area contributed by atoms with Crippen molar-refractivity contribution in [2.75, 3.05) is 13.1 Å². The summed E-state index contributed by atoms with van der Waals surface area (Å²) in [7, 11) is 0. The van der Waals surface area contributed by atoms with Crippen molar-refractivity contribution in [1.82, 2.24) is 15.4 Å². The maximum Gasteiger partial charge on any atom is 0.317 e. The van der Waals surface area contributed by atoms with Crippen molar-refractivity contribution in [2.24, 2.45) is 0 Å². The quantitative estimate of drug-likeness (QED) is 0.941. The summed E-state index contributed by atoms with van der Waals surface area (Å²) in [6.45, 7) is 3.80. The minimum atomic E-state index is -0.0364. The van der Waals surface area contributed by atoms with E-state index >= 15 is 0 Å².